The van der Waals surface area contributed by atoms with E-state index in [2.05, 4.69) is 10.2 Å². The lowest BCUT2D eigenvalue weighted by Gasteiger charge is -2.28. The van der Waals surface area contributed by atoms with E-state index < -0.39 is 0 Å². The van der Waals surface area contributed by atoms with Crippen molar-refractivity contribution in [1.29, 1.82) is 0 Å². The molecule has 3 aliphatic rings. The number of rotatable bonds is 4. The number of nitrogens with one attached hydrogen (secondary N) is 1. The summed E-state index contributed by atoms with van der Waals surface area (Å²) in [6.07, 6.45) is 4.85. The van der Waals surface area contributed by atoms with Gasteiger partial charge in [0.1, 0.15) is 0 Å². The van der Waals surface area contributed by atoms with Gasteiger partial charge in [-0.2, -0.15) is 0 Å². The second-order valence-electron chi connectivity index (χ2n) is 5.12. The molecule has 0 aromatic carbocycles. The van der Waals surface area contributed by atoms with Crippen molar-refractivity contribution in [2.75, 3.05) is 39.4 Å². The van der Waals surface area contributed by atoms with Gasteiger partial charge in [-0.15, -0.1) is 0 Å². The van der Waals surface area contributed by atoms with Crippen LogP contribution in [0.4, 0.5) is 0 Å². The Balaban J connectivity index is 1.34. The highest BCUT2D eigenvalue weighted by Gasteiger charge is 2.40. The third-order valence-corrected chi connectivity index (χ3v) is 4.04. The molecular weight excluding hydrogens is 204 g/mol. The summed E-state index contributed by atoms with van der Waals surface area (Å²) in [6, 6.07) is 0.625. The highest BCUT2D eigenvalue weighted by Crippen LogP contribution is 2.34. The fraction of sp³-hybridized carbons (Fsp3) is 1.00. The molecule has 3 atom stereocenters. The Bertz CT molecular complexity index is 231. The molecule has 0 aliphatic carbocycles. The van der Waals surface area contributed by atoms with Crippen LogP contribution >= 0.6 is 0 Å². The maximum Gasteiger partial charge on any atom is 0.0733 e. The summed E-state index contributed by atoms with van der Waals surface area (Å²) < 4.78 is 11.2. The van der Waals surface area contributed by atoms with Crippen LogP contribution < -0.4 is 5.32 Å². The Labute approximate surface area is 97.3 Å². The fourth-order valence-corrected chi connectivity index (χ4v) is 3.09. The minimum Gasteiger partial charge on any atom is -0.379 e. The topological polar surface area (TPSA) is 33.7 Å². The average Bonchev–Trinajstić information content (AvgIpc) is 2.92. The van der Waals surface area contributed by atoms with Crippen LogP contribution in [0.1, 0.15) is 19.3 Å². The van der Waals surface area contributed by atoms with Crippen LogP contribution in [0.3, 0.4) is 0 Å². The van der Waals surface area contributed by atoms with Gasteiger partial charge in [0.2, 0.25) is 0 Å². The van der Waals surface area contributed by atoms with Crippen molar-refractivity contribution in [1.82, 2.24) is 10.2 Å². The monoisotopic (exact) mass is 226 g/mol. The number of fused-ring (bicyclic) bond motifs is 2. The van der Waals surface area contributed by atoms with Crippen LogP contribution in [-0.4, -0.2) is 62.5 Å². The molecule has 3 rings (SSSR count). The van der Waals surface area contributed by atoms with E-state index in [1.165, 1.54) is 19.3 Å². The lowest BCUT2D eigenvalue weighted by Crippen LogP contribution is -2.44. The van der Waals surface area contributed by atoms with Crippen molar-refractivity contribution < 1.29 is 9.47 Å². The Kier molecular flexibility index (Phi) is 3.43. The van der Waals surface area contributed by atoms with Crippen molar-refractivity contribution in [3.8, 4) is 0 Å². The third kappa shape index (κ3) is 2.40. The normalized spacial score (nSPS) is 39.4. The quantitative estimate of drug-likeness (QED) is 0.744. The zero-order valence-corrected chi connectivity index (χ0v) is 9.86. The molecule has 3 fully saturated rings. The van der Waals surface area contributed by atoms with E-state index in [-0.39, 0.29) is 0 Å². The van der Waals surface area contributed by atoms with Gasteiger partial charge in [0, 0.05) is 32.2 Å². The first kappa shape index (κ1) is 11.0. The lowest BCUT2D eigenvalue weighted by atomic mass is 9.95. The van der Waals surface area contributed by atoms with Crippen LogP contribution in [0.2, 0.25) is 0 Å². The van der Waals surface area contributed by atoms with Crippen LogP contribution in [-0.2, 0) is 9.47 Å². The maximum absolute atomic E-state index is 5.83. The summed E-state index contributed by atoms with van der Waals surface area (Å²) in [5, 5.41) is 3.65. The van der Waals surface area contributed by atoms with Gasteiger partial charge in [0.25, 0.3) is 0 Å². The van der Waals surface area contributed by atoms with Crippen molar-refractivity contribution in [3.05, 3.63) is 0 Å². The molecule has 0 aromatic rings. The summed E-state index contributed by atoms with van der Waals surface area (Å²) in [7, 11) is 0. The van der Waals surface area contributed by atoms with E-state index in [0.29, 0.717) is 18.2 Å². The predicted octanol–water partition coefficient (Wildman–Crippen LogP) is 0.228. The molecular formula is C12H22N2O2. The molecule has 1 N–H and O–H groups in total. The zero-order chi connectivity index (χ0) is 10.8. The van der Waals surface area contributed by atoms with E-state index in [1.54, 1.807) is 0 Å². The molecule has 0 radical (unpaired) electrons. The van der Waals surface area contributed by atoms with Crippen molar-refractivity contribution in [2.24, 2.45) is 0 Å². The van der Waals surface area contributed by atoms with E-state index in [1.807, 2.05) is 0 Å². The van der Waals surface area contributed by atoms with Crippen molar-refractivity contribution in [3.63, 3.8) is 0 Å². The fourth-order valence-electron chi connectivity index (χ4n) is 3.09. The van der Waals surface area contributed by atoms with Gasteiger partial charge in [0.15, 0.2) is 0 Å². The molecule has 2 bridgehead atoms. The summed E-state index contributed by atoms with van der Waals surface area (Å²) in [5.41, 5.74) is 0. The summed E-state index contributed by atoms with van der Waals surface area (Å²) in [5.74, 6) is 0. The minimum atomic E-state index is 0.509. The first-order valence-electron chi connectivity index (χ1n) is 6.61. The molecule has 4 nitrogen and oxygen atoms in total. The van der Waals surface area contributed by atoms with E-state index in [9.17, 15) is 0 Å². The molecule has 3 unspecified atom stereocenters. The first-order chi connectivity index (χ1) is 7.92. The highest BCUT2D eigenvalue weighted by atomic mass is 16.5. The number of morpholine rings is 1. The SMILES string of the molecule is C(CN1CCOCC1)NC1CC2CCC1O2. The second kappa shape index (κ2) is 5.00. The van der Waals surface area contributed by atoms with Gasteiger partial charge in [-0.25, -0.2) is 0 Å². The molecule has 3 heterocycles. The Morgan fingerprint density at radius 3 is 2.75 bits per heavy atom. The van der Waals surface area contributed by atoms with Gasteiger partial charge in [0.05, 0.1) is 25.4 Å². The molecule has 0 spiro atoms. The predicted molar refractivity (Wildman–Crippen MR) is 61.6 cm³/mol. The Morgan fingerprint density at radius 2 is 2.06 bits per heavy atom. The first-order valence-corrected chi connectivity index (χ1v) is 6.61. The van der Waals surface area contributed by atoms with E-state index in [4.69, 9.17) is 9.47 Å². The third-order valence-electron chi connectivity index (χ3n) is 4.04. The second-order valence-corrected chi connectivity index (χ2v) is 5.12. The van der Waals surface area contributed by atoms with E-state index >= 15 is 0 Å². The van der Waals surface area contributed by atoms with Gasteiger partial charge in [-0.05, 0) is 19.3 Å². The van der Waals surface area contributed by atoms with Gasteiger partial charge in [-0.1, -0.05) is 0 Å². The highest BCUT2D eigenvalue weighted by molar-refractivity contribution is 4.93. The van der Waals surface area contributed by atoms with Gasteiger partial charge in [-0.3, -0.25) is 4.90 Å². The van der Waals surface area contributed by atoms with Gasteiger partial charge < -0.3 is 14.8 Å². The smallest absolute Gasteiger partial charge is 0.0733 e. The molecule has 16 heavy (non-hydrogen) atoms. The molecule has 4 heteroatoms. The van der Waals surface area contributed by atoms with E-state index in [0.717, 1.165) is 39.4 Å². The lowest BCUT2D eigenvalue weighted by molar-refractivity contribution is 0.0376. The minimum absolute atomic E-state index is 0.509. The van der Waals surface area contributed by atoms with Gasteiger partial charge >= 0.3 is 0 Å². The molecule has 0 aromatic heterocycles. The Hall–Kier alpha value is -0.160. The molecule has 3 aliphatic heterocycles. The zero-order valence-electron chi connectivity index (χ0n) is 9.86. The molecule has 92 valence electrons. The average molecular weight is 226 g/mol. The molecule has 3 saturated heterocycles. The summed E-state index contributed by atoms with van der Waals surface area (Å²) in [4.78, 5) is 2.48. The van der Waals surface area contributed by atoms with Crippen LogP contribution in [0.5, 0.6) is 0 Å². The van der Waals surface area contributed by atoms with Crippen LogP contribution in [0.15, 0.2) is 0 Å². The molecule has 0 saturated carbocycles. The number of nitrogens with zero attached hydrogens (tertiary/aromatic N) is 1. The number of ether oxygens (including phenoxy) is 2. The largest absolute Gasteiger partial charge is 0.379 e. The number of hydrogen-bond donors (Lipinski definition) is 1. The van der Waals surface area contributed by atoms with Crippen molar-refractivity contribution >= 4 is 0 Å². The molecule has 0 amide bonds. The maximum atomic E-state index is 5.83. The van der Waals surface area contributed by atoms with Crippen LogP contribution in [0, 0.1) is 0 Å². The summed E-state index contributed by atoms with van der Waals surface area (Å²) >= 11 is 0. The summed E-state index contributed by atoms with van der Waals surface area (Å²) in [6.45, 7) is 6.23. The Morgan fingerprint density at radius 1 is 1.19 bits per heavy atom. The number of hydrogen-bond acceptors (Lipinski definition) is 4. The standard InChI is InChI=1S/C12H22N2O2/c1-2-12-11(9-10(1)16-12)13-3-4-14-5-7-15-8-6-14/h10-13H,1-9H2. The van der Waals surface area contributed by atoms with Crippen LogP contribution in [0.25, 0.3) is 0 Å². The van der Waals surface area contributed by atoms with Crippen molar-refractivity contribution in [2.45, 2.75) is 37.5 Å².